The molecule has 7 heteroatoms. The van der Waals surface area contributed by atoms with Crippen molar-refractivity contribution < 1.29 is 8.42 Å². The van der Waals surface area contributed by atoms with Crippen LogP contribution < -0.4 is 10.5 Å². The summed E-state index contributed by atoms with van der Waals surface area (Å²) in [6.45, 7) is 3.91. The van der Waals surface area contributed by atoms with Crippen molar-refractivity contribution in [2.24, 2.45) is 11.7 Å². The molecule has 0 fully saturated rings. The number of halogens is 1. The van der Waals surface area contributed by atoms with Crippen molar-refractivity contribution in [1.82, 2.24) is 4.72 Å². The maximum Gasteiger partial charge on any atom is 0.242 e. The van der Waals surface area contributed by atoms with E-state index in [9.17, 15) is 8.42 Å². The van der Waals surface area contributed by atoms with Crippen molar-refractivity contribution in [2.45, 2.75) is 24.8 Å². The molecule has 1 atom stereocenters. The normalized spacial score (nSPS) is 13.3. The molecule has 19 heavy (non-hydrogen) atoms. The van der Waals surface area contributed by atoms with Gasteiger partial charge in [0.25, 0.3) is 0 Å². The van der Waals surface area contributed by atoms with Gasteiger partial charge in [0.15, 0.2) is 0 Å². The molecule has 1 unspecified atom stereocenters. The second-order valence-corrected chi connectivity index (χ2v) is 6.58. The molecule has 0 saturated heterocycles. The number of nitrogens with two attached hydrogens (primary N) is 1. The number of sulfonamides is 1. The molecule has 0 aliphatic heterocycles. The lowest BCUT2D eigenvalue weighted by Gasteiger charge is -2.20. The van der Waals surface area contributed by atoms with Gasteiger partial charge in [-0.3, -0.25) is 0 Å². The third kappa shape index (κ3) is 3.91. The van der Waals surface area contributed by atoms with E-state index in [1.807, 2.05) is 19.9 Å². The minimum atomic E-state index is -3.82. The van der Waals surface area contributed by atoms with Crippen LogP contribution >= 0.6 is 11.6 Å². The Labute approximate surface area is 118 Å². The molecule has 0 amide bonds. The first kappa shape index (κ1) is 15.9. The van der Waals surface area contributed by atoms with Gasteiger partial charge in [0.2, 0.25) is 10.0 Å². The molecule has 0 spiro atoms. The Kier molecular flexibility index (Phi) is 5.32. The number of hydrogen-bond donors (Lipinski definition) is 2. The highest BCUT2D eigenvalue weighted by Crippen LogP contribution is 2.21. The number of rotatable bonds is 5. The summed E-state index contributed by atoms with van der Waals surface area (Å²) in [5.41, 5.74) is 5.59. The Bertz CT molecular complexity index is 593. The van der Waals surface area contributed by atoms with Gasteiger partial charge in [-0.25, -0.2) is 13.1 Å². The smallest absolute Gasteiger partial charge is 0.242 e. The Morgan fingerprint density at radius 1 is 1.47 bits per heavy atom. The summed E-state index contributed by atoms with van der Waals surface area (Å²) < 4.78 is 27.0. The zero-order chi connectivity index (χ0) is 14.6. The van der Waals surface area contributed by atoms with Crippen LogP contribution in [-0.2, 0) is 10.0 Å². The Hall–Kier alpha value is -1.13. The number of nitrogens with zero attached hydrogens (tertiary/aromatic N) is 1. The van der Waals surface area contributed by atoms with Crippen molar-refractivity contribution in [3.63, 3.8) is 0 Å². The monoisotopic (exact) mass is 301 g/mol. The summed E-state index contributed by atoms with van der Waals surface area (Å²) >= 11 is 5.79. The lowest BCUT2D eigenvalue weighted by atomic mass is 10.1. The molecule has 0 radical (unpaired) electrons. The molecule has 104 valence electrons. The van der Waals surface area contributed by atoms with Crippen LogP contribution in [0.5, 0.6) is 0 Å². The SMILES string of the molecule is CC(C)C(CN)NS(=O)(=O)c1cc(Cl)ccc1C#N. The lowest BCUT2D eigenvalue weighted by molar-refractivity contribution is 0.454. The first-order valence-corrected chi connectivity index (χ1v) is 7.60. The van der Waals surface area contributed by atoms with E-state index in [0.29, 0.717) is 0 Å². The number of benzene rings is 1. The third-order valence-corrected chi connectivity index (χ3v) is 4.48. The maximum absolute atomic E-state index is 12.3. The quantitative estimate of drug-likeness (QED) is 0.861. The Morgan fingerprint density at radius 2 is 2.11 bits per heavy atom. The first-order valence-electron chi connectivity index (χ1n) is 5.74. The molecule has 1 aromatic carbocycles. The fraction of sp³-hybridized carbons (Fsp3) is 0.417. The van der Waals surface area contributed by atoms with Crippen molar-refractivity contribution in [1.29, 1.82) is 5.26 Å². The second-order valence-electron chi connectivity index (χ2n) is 4.46. The highest BCUT2D eigenvalue weighted by molar-refractivity contribution is 7.89. The lowest BCUT2D eigenvalue weighted by Crippen LogP contribution is -2.43. The van der Waals surface area contributed by atoms with Crippen LogP contribution in [0.1, 0.15) is 19.4 Å². The molecule has 1 aromatic rings. The number of nitrogens with one attached hydrogen (secondary N) is 1. The van der Waals surface area contributed by atoms with E-state index in [1.165, 1.54) is 18.2 Å². The van der Waals surface area contributed by atoms with Crippen molar-refractivity contribution >= 4 is 21.6 Å². The molecular weight excluding hydrogens is 286 g/mol. The predicted molar refractivity (Wildman–Crippen MR) is 74.2 cm³/mol. The topological polar surface area (TPSA) is 96.0 Å². The van der Waals surface area contributed by atoms with Gasteiger partial charge >= 0.3 is 0 Å². The van der Waals surface area contributed by atoms with E-state index >= 15 is 0 Å². The third-order valence-electron chi connectivity index (χ3n) is 2.72. The molecule has 5 nitrogen and oxygen atoms in total. The number of hydrogen-bond acceptors (Lipinski definition) is 4. The number of nitriles is 1. The molecule has 0 aliphatic rings. The van der Waals surface area contributed by atoms with Gasteiger partial charge in [-0.05, 0) is 24.1 Å². The molecule has 0 aliphatic carbocycles. The van der Waals surface area contributed by atoms with Gasteiger partial charge in [-0.1, -0.05) is 25.4 Å². The summed E-state index contributed by atoms with van der Waals surface area (Å²) in [6.07, 6.45) is 0. The van der Waals surface area contributed by atoms with Gasteiger partial charge < -0.3 is 5.73 Å². The predicted octanol–water partition coefficient (Wildman–Crippen LogP) is 1.47. The summed E-state index contributed by atoms with van der Waals surface area (Å²) in [5.74, 6) is 0.0458. The summed E-state index contributed by atoms with van der Waals surface area (Å²) in [7, 11) is -3.82. The van der Waals surface area contributed by atoms with E-state index in [-0.39, 0.29) is 27.9 Å². The van der Waals surface area contributed by atoms with E-state index < -0.39 is 16.1 Å². The van der Waals surface area contributed by atoms with Gasteiger partial charge in [0.1, 0.15) is 11.0 Å². The standard InChI is InChI=1S/C12H16ClN3O2S/c1-8(2)11(7-15)16-19(17,18)12-5-10(13)4-3-9(12)6-14/h3-5,8,11,16H,7,15H2,1-2H3. The van der Waals surface area contributed by atoms with Crippen molar-refractivity contribution in [3.8, 4) is 6.07 Å². The van der Waals surface area contributed by atoms with Crippen molar-refractivity contribution in [3.05, 3.63) is 28.8 Å². The van der Waals surface area contributed by atoms with Crippen LogP contribution in [0.15, 0.2) is 23.1 Å². The highest BCUT2D eigenvalue weighted by Gasteiger charge is 2.24. The average Bonchev–Trinajstić information content (AvgIpc) is 2.35. The summed E-state index contributed by atoms with van der Waals surface area (Å²) in [5, 5.41) is 9.22. The van der Waals surface area contributed by atoms with Gasteiger partial charge in [-0.15, -0.1) is 0 Å². The van der Waals surface area contributed by atoms with Crippen molar-refractivity contribution in [2.75, 3.05) is 6.54 Å². The zero-order valence-electron chi connectivity index (χ0n) is 10.7. The largest absolute Gasteiger partial charge is 0.329 e. The van der Waals surface area contributed by atoms with Gasteiger partial charge in [0, 0.05) is 17.6 Å². The van der Waals surface area contributed by atoms with Crippen LogP contribution in [0, 0.1) is 17.2 Å². The van der Waals surface area contributed by atoms with Gasteiger partial charge in [0.05, 0.1) is 5.56 Å². The average molecular weight is 302 g/mol. The van der Waals surface area contributed by atoms with E-state index in [2.05, 4.69) is 4.72 Å². The fourth-order valence-corrected chi connectivity index (χ4v) is 3.35. The molecule has 0 saturated carbocycles. The molecule has 0 heterocycles. The van der Waals surface area contributed by atoms with Gasteiger partial charge in [-0.2, -0.15) is 5.26 Å². The fourth-order valence-electron chi connectivity index (χ4n) is 1.53. The second kappa shape index (κ2) is 6.35. The van der Waals surface area contributed by atoms with Crippen LogP contribution in [0.25, 0.3) is 0 Å². The molecule has 1 rings (SSSR count). The molecule has 3 N–H and O–H groups in total. The first-order chi connectivity index (χ1) is 8.81. The van der Waals surface area contributed by atoms with E-state index in [1.54, 1.807) is 0 Å². The summed E-state index contributed by atoms with van der Waals surface area (Å²) in [4.78, 5) is -0.124. The minimum Gasteiger partial charge on any atom is -0.329 e. The van der Waals surface area contributed by atoms with Crippen LogP contribution in [0.4, 0.5) is 0 Å². The van der Waals surface area contributed by atoms with E-state index in [4.69, 9.17) is 22.6 Å². The van der Waals surface area contributed by atoms with Crippen LogP contribution in [0.3, 0.4) is 0 Å². The highest BCUT2D eigenvalue weighted by atomic mass is 35.5. The molecule has 0 aromatic heterocycles. The summed E-state index contributed by atoms with van der Waals surface area (Å²) in [6, 6.07) is 5.56. The minimum absolute atomic E-state index is 0.0458. The van der Waals surface area contributed by atoms with E-state index in [0.717, 1.165) is 0 Å². The maximum atomic E-state index is 12.3. The molecular formula is C12H16ClN3O2S. The van der Waals surface area contributed by atoms with Crippen LogP contribution in [-0.4, -0.2) is 21.0 Å². The zero-order valence-corrected chi connectivity index (χ0v) is 12.3. The Balaban J connectivity index is 3.21. The van der Waals surface area contributed by atoms with Crippen LogP contribution in [0.2, 0.25) is 5.02 Å². The Morgan fingerprint density at radius 3 is 2.58 bits per heavy atom. The molecule has 0 bridgehead atoms.